The molecule has 5 nitrogen and oxygen atoms in total. The highest BCUT2D eigenvalue weighted by Crippen LogP contribution is 2.29. The Hall–Kier alpha value is -2.47. The molecule has 0 radical (unpaired) electrons. The van der Waals surface area contributed by atoms with E-state index < -0.39 is 0 Å². The van der Waals surface area contributed by atoms with Crippen molar-refractivity contribution >= 4 is 38.1 Å². The van der Waals surface area contributed by atoms with Crippen molar-refractivity contribution in [2.24, 2.45) is 0 Å². The first kappa shape index (κ1) is 12.3. The molecule has 1 aromatic carbocycles. The van der Waals surface area contributed by atoms with Gasteiger partial charge in [0.25, 0.3) is 0 Å². The van der Waals surface area contributed by atoms with Gasteiger partial charge >= 0.3 is 0 Å². The molecule has 3 heterocycles. The van der Waals surface area contributed by atoms with E-state index in [9.17, 15) is 0 Å². The molecule has 0 aliphatic rings. The van der Waals surface area contributed by atoms with Crippen LogP contribution in [0.25, 0.3) is 26.9 Å². The minimum Gasteiger partial charge on any atom is -0.399 e. The Labute approximate surface area is 125 Å². The number of rotatable bonds is 2. The SMILES string of the molecule is CCc1cc2c(-n3ncc4ccc(N)cc43)ncnc2s1. The summed E-state index contributed by atoms with van der Waals surface area (Å²) in [6.07, 6.45) is 4.41. The number of hydrogen-bond donors (Lipinski definition) is 1. The molecule has 0 saturated carbocycles. The van der Waals surface area contributed by atoms with Gasteiger partial charge in [0.05, 0.1) is 17.1 Å². The van der Waals surface area contributed by atoms with Crippen LogP contribution in [-0.2, 0) is 6.42 Å². The number of nitrogen functional groups attached to an aromatic ring is 1. The quantitative estimate of drug-likeness (QED) is 0.577. The van der Waals surface area contributed by atoms with Crippen molar-refractivity contribution in [3.05, 3.63) is 41.7 Å². The van der Waals surface area contributed by atoms with Gasteiger partial charge in [0.2, 0.25) is 0 Å². The predicted molar refractivity (Wildman–Crippen MR) is 85.8 cm³/mol. The Balaban J connectivity index is 2.04. The lowest BCUT2D eigenvalue weighted by atomic mass is 10.2. The third-order valence-electron chi connectivity index (χ3n) is 3.50. The van der Waals surface area contributed by atoms with Crippen LogP contribution in [0.1, 0.15) is 11.8 Å². The number of anilines is 1. The fourth-order valence-corrected chi connectivity index (χ4v) is 3.37. The van der Waals surface area contributed by atoms with E-state index in [0.29, 0.717) is 5.69 Å². The van der Waals surface area contributed by atoms with Gasteiger partial charge < -0.3 is 5.73 Å². The summed E-state index contributed by atoms with van der Waals surface area (Å²) in [5, 5.41) is 6.54. The first-order chi connectivity index (χ1) is 10.3. The minimum absolute atomic E-state index is 0.717. The molecule has 6 heteroatoms. The molecule has 104 valence electrons. The van der Waals surface area contributed by atoms with E-state index >= 15 is 0 Å². The van der Waals surface area contributed by atoms with Crippen LogP contribution in [-0.4, -0.2) is 19.7 Å². The fourth-order valence-electron chi connectivity index (χ4n) is 2.44. The van der Waals surface area contributed by atoms with Gasteiger partial charge in [-0.1, -0.05) is 6.92 Å². The molecular formula is C15H13N5S. The van der Waals surface area contributed by atoms with Gasteiger partial charge in [-0.05, 0) is 30.7 Å². The standard InChI is InChI=1S/C15H13N5S/c1-2-11-6-12-14(17-8-18-15(12)21-11)20-13-5-10(16)4-3-9(13)7-19-20/h3-8H,2,16H2,1H3. The molecule has 0 aliphatic heterocycles. The normalized spacial score (nSPS) is 11.5. The summed E-state index contributed by atoms with van der Waals surface area (Å²) in [6, 6.07) is 7.92. The third kappa shape index (κ3) is 1.87. The first-order valence-corrected chi connectivity index (χ1v) is 7.55. The smallest absolute Gasteiger partial charge is 0.166 e. The molecule has 2 N–H and O–H groups in total. The second-order valence-corrected chi connectivity index (χ2v) is 5.97. The molecular weight excluding hydrogens is 282 g/mol. The monoisotopic (exact) mass is 295 g/mol. The average Bonchev–Trinajstić information content (AvgIpc) is 3.09. The average molecular weight is 295 g/mol. The molecule has 0 fully saturated rings. The predicted octanol–water partition coefficient (Wildman–Crippen LogP) is 3.17. The maximum absolute atomic E-state index is 5.90. The Kier molecular flexibility index (Phi) is 2.65. The van der Waals surface area contributed by atoms with E-state index in [1.165, 1.54) is 4.88 Å². The molecule has 0 atom stereocenters. The molecule has 0 aliphatic carbocycles. The summed E-state index contributed by atoms with van der Waals surface area (Å²) >= 11 is 1.70. The third-order valence-corrected chi connectivity index (χ3v) is 4.69. The lowest BCUT2D eigenvalue weighted by Gasteiger charge is -2.04. The van der Waals surface area contributed by atoms with Crippen molar-refractivity contribution in [3.63, 3.8) is 0 Å². The Morgan fingerprint density at radius 1 is 1.24 bits per heavy atom. The van der Waals surface area contributed by atoms with Crippen molar-refractivity contribution < 1.29 is 0 Å². The number of fused-ring (bicyclic) bond motifs is 2. The number of thiophene rings is 1. The molecule has 0 saturated heterocycles. The van der Waals surface area contributed by atoms with E-state index in [4.69, 9.17) is 5.73 Å². The van der Waals surface area contributed by atoms with Gasteiger partial charge in [-0.15, -0.1) is 11.3 Å². The lowest BCUT2D eigenvalue weighted by molar-refractivity contribution is 0.879. The number of benzene rings is 1. The Morgan fingerprint density at radius 2 is 2.14 bits per heavy atom. The van der Waals surface area contributed by atoms with Crippen LogP contribution in [0, 0.1) is 0 Å². The summed E-state index contributed by atoms with van der Waals surface area (Å²) in [5.41, 5.74) is 7.57. The highest BCUT2D eigenvalue weighted by atomic mass is 32.1. The van der Waals surface area contributed by atoms with Crippen LogP contribution in [0.3, 0.4) is 0 Å². The van der Waals surface area contributed by atoms with Crippen LogP contribution in [0.15, 0.2) is 36.8 Å². The number of nitrogens with zero attached hydrogens (tertiary/aromatic N) is 4. The Bertz CT molecular complexity index is 953. The summed E-state index contributed by atoms with van der Waals surface area (Å²) in [6.45, 7) is 2.14. The topological polar surface area (TPSA) is 69.6 Å². The number of hydrogen-bond acceptors (Lipinski definition) is 5. The van der Waals surface area contributed by atoms with Gasteiger partial charge in [-0.3, -0.25) is 0 Å². The van der Waals surface area contributed by atoms with Crippen LogP contribution < -0.4 is 5.73 Å². The molecule has 4 rings (SSSR count). The highest BCUT2D eigenvalue weighted by molar-refractivity contribution is 7.18. The van der Waals surface area contributed by atoms with Crippen LogP contribution in [0.5, 0.6) is 0 Å². The number of aryl methyl sites for hydroxylation is 1. The molecule has 4 aromatic rings. The summed E-state index contributed by atoms with van der Waals surface area (Å²) in [5.74, 6) is 0.802. The summed E-state index contributed by atoms with van der Waals surface area (Å²) in [4.78, 5) is 11.1. The van der Waals surface area contributed by atoms with Crippen molar-refractivity contribution in [3.8, 4) is 5.82 Å². The van der Waals surface area contributed by atoms with E-state index in [1.807, 2.05) is 29.1 Å². The molecule has 0 unspecified atom stereocenters. The molecule has 0 spiro atoms. The molecule has 0 amide bonds. The molecule has 0 bridgehead atoms. The van der Waals surface area contributed by atoms with Crippen molar-refractivity contribution in [1.29, 1.82) is 0 Å². The Morgan fingerprint density at radius 3 is 3.00 bits per heavy atom. The van der Waals surface area contributed by atoms with Crippen molar-refractivity contribution in [1.82, 2.24) is 19.7 Å². The van der Waals surface area contributed by atoms with Gasteiger partial charge in [0.1, 0.15) is 11.2 Å². The van der Waals surface area contributed by atoms with E-state index in [1.54, 1.807) is 17.7 Å². The van der Waals surface area contributed by atoms with E-state index in [0.717, 1.165) is 33.4 Å². The zero-order chi connectivity index (χ0) is 14.4. The maximum Gasteiger partial charge on any atom is 0.166 e. The van der Waals surface area contributed by atoms with Crippen LogP contribution in [0.2, 0.25) is 0 Å². The first-order valence-electron chi connectivity index (χ1n) is 6.73. The zero-order valence-corrected chi connectivity index (χ0v) is 12.3. The summed E-state index contributed by atoms with van der Waals surface area (Å²) in [7, 11) is 0. The number of aromatic nitrogens is 4. The van der Waals surface area contributed by atoms with Gasteiger partial charge in [0, 0.05) is 16.0 Å². The van der Waals surface area contributed by atoms with Crippen molar-refractivity contribution in [2.45, 2.75) is 13.3 Å². The van der Waals surface area contributed by atoms with Crippen LogP contribution >= 0.6 is 11.3 Å². The van der Waals surface area contributed by atoms with E-state index in [2.05, 4.69) is 28.1 Å². The zero-order valence-electron chi connectivity index (χ0n) is 11.4. The van der Waals surface area contributed by atoms with Crippen molar-refractivity contribution in [2.75, 3.05) is 5.73 Å². The van der Waals surface area contributed by atoms with Gasteiger partial charge in [-0.25, -0.2) is 14.6 Å². The highest BCUT2D eigenvalue weighted by Gasteiger charge is 2.13. The molecule has 21 heavy (non-hydrogen) atoms. The maximum atomic E-state index is 5.90. The van der Waals surface area contributed by atoms with Gasteiger partial charge in [-0.2, -0.15) is 5.10 Å². The molecule has 3 aromatic heterocycles. The number of nitrogens with two attached hydrogens (primary N) is 1. The second-order valence-electron chi connectivity index (χ2n) is 4.86. The minimum atomic E-state index is 0.717. The largest absolute Gasteiger partial charge is 0.399 e. The second kappa shape index (κ2) is 4.53. The van der Waals surface area contributed by atoms with Crippen LogP contribution in [0.4, 0.5) is 5.69 Å². The van der Waals surface area contributed by atoms with Gasteiger partial charge in [0.15, 0.2) is 5.82 Å². The van der Waals surface area contributed by atoms with E-state index in [-0.39, 0.29) is 0 Å². The lowest BCUT2D eigenvalue weighted by Crippen LogP contribution is -2.00. The summed E-state index contributed by atoms with van der Waals surface area (Å²) < 4.78 is 1.84. The fraction of sp³-hybridized carbons (Fsp3) is 0.133.